The van der Waals surface area contributed by atoms with Crippen LogP contribution in [0.1, 0.15) is 33.1 Å². The van der Waals surface area contributed by atoms with Crippen molar-refractivity contribution in [2.24, 2.45) is 0 Å². The van der Waals surface area contributed by atoms with Crippen LogP contribution < -0.4 is 5.32 Å². The van der Waals surface area contributed by atoms with Gasteiger partial charge in [-0.2, -0.15) is 0 Å². The fourth-order valence-electron chi connectivity index (χ4n) is 1.65. The Balaban J connectivity index is 2.04. The maximum atomic E-state index is 11.9. The van der Waals surface area contributed by atoms with Gasteiger partial charge in [0.05, 0.1) is 10.9 Å². The van der Waals surface area contributed by atoms with E-state index in [2.05, 4.69) is 5.32 Å². The summed E-state index contributed by atoms with van der Waals surface area (Å²) in [6.45, 7) is 4.00. The van der Waals surface area contributed by atoms with Crippen LogP contribution in [-0.2, 0) is 0 Å². The number of carbonyl (C=O) groups excluding carboxylic acids is 1. The van der Waals surface area contributed by atoms with Crippen molar-refractivity contribution in [2.75, 3.05) is 0 Å². The second-order valence-corrected chi connectivity index (χ2v) is 5.30. The molecular formula is C14H15NOS. The lowest BCUT2D eigenvalue weighted by Crippen LogP contribution is -2.25. The van der Waals surface area contributed by atoms with Crippen LogP contribution in [0.4, 0.5) is 0 Å². The van der Waals surface area contributed by atoms with E-state index in [4.69, 9.17) is 0 Å². The largest absolute Gasteiger partial charge is 0.345 e. The van der Waals surface area contributed by atoms with Crippen LogP contribution in [0.3, 0.4) is 0 Å². The van der Waals surface area contributed by atoms with Gasteiger partial charge in [-0.1, -0.05) is 30.3 Å². The molecular weight excluding hydrogens is 230 g/mol. The predicted octanol–water partition coefficient (Wildman–Crippen LogP) is 3.55. The third-order valence-corrected chi connectivity index (χ3v) is 3.61. The van der Waals surface area contributed by atoms with Crippen molar-refractivity contribution in [1.29, 1.82) is 0 Å². The number of aryl methyl sites for hydroxylation is 1. The van der Waals surface area contributed by atoms with Crippen LogP contribution in [0.15, 0.2) is 42.5 Å². The Morgan fingerprint density at radius 3 is 2.47 bits per heavy atom. The maximum absolute atomic E-state index is 11.9. The van der Waals surface area contributed by atoms with E-state index in [1.807, 2.05) is 56.3 Å². The van der Waals surface area contributed by atoms with Gasteiger partial charge in [-0.15, -0.1) is 11.3 Å². The van der Waals surface area contributed by atoms with Crippen molar-refractivity contribution in [1.82, 2.24) is 5.32 Å². The number of amides is 1. The van der Waals surface area contributed by atoms with Crippen molar-refractivity contribution in [2.45, 2.75) is 19.9 Å². The molecule has 0 spiro atoms. The molecule has 2 aromatic rings. The molecule has 1 heterocycles. The Morgan fingerprint density at radius 1 is 1.18 bits per heavy atom. The molecule has 0 aliphatic carbocycles. The quantitative estimate of drug-likeness (QED) is 0.880. The van der Waals surface area contributed by atoms with Gasteiger partial charge >= 0.3 is 0 Å². The second-order valence-electron chi connectivity index (χ2n) is 4.02. The third kappa shape index (κ3) is 2.94. The summed E-state index contributed by atoms with van der Waals surface area (Å²) < 4.78 is 0. The molecule has 0 aliphatic heterocycles. The summed E-state index contributed by atoms with van der Waals surface area (Å²) in [7, 11) is 0. The first-order valence-corrected chi connectivity index (χ1v) is 6.40. The Hall–Kier alpha value is -1.61. The molecule has 0 saturated carbocycles. The minimum Gasteiger partial charge on any atom is -0.345 e. The summed E-state index contributed by atoms with van der Waals surface area (Å²) in [4.78, 5) is 13.9. The fourth-order valence-corrected chi connectivity index (χ4v) is 2.42. The summed E-state index contributed by atoms with van der Waals surface area (Å²) in [5.74, 6) is -0.000506. The van der Waals surface area contributed by atoms with E-state index < -0.39 is 0 Å². The van der Waals surface area contributed by atoms with Crippen molar-refractivity contribution in [3.05, 3.63) is 57.8 Å². The molecule has 0 fully saturated rings. The van der Waals surface area contributed by atoms with Gasteiger partial charge in [-0.3, -0.25) is 4.79 Å². The standard InChI is InChI=1S/C14H15NOS/c1-10-8-9-13(17-10)14(16)15-11(2)12-6-4-3-5-7-12/h3-9,11H,1-2H3,(H,15,16). The van der Waals surface area contributed by atoms with E-state index in [0.717, 1.165) is 15.3 Å². The van der Waals surface area contributed by atoms with Crippen LogP contribution in [0.2, 0.25) is 0 Å². The average Bonchev–Trinajstić information content (AvgIpc) is 2.77. The van der Waals surface area contributed by atoms with Crippen LogP contribution in [-0.4, -0.2) is 5.91 Å². The lowest BCUT2D eigenvalue weighted by Gasteiger charge is -2.13. The van der Waals surface area contributed by atoms with Gasteiger partial charge in [0, 0.05) is 4.88 Å². The van der Waals surface area contributed by atoms with Crippen LogP contribution in [0.5, 0.6) is 0 Å². The highest BCUT2D eigenvalue weighted by molar-refractivity contribution is 7.13. The van der Waals surface area contributed by atoms with E-state index in [1.165, 1.54) is 11.3 Å². The zero-order chi connectivity index (χ0) is 12.3. The zero-order valence-electron chi connectivity index (χ0n) is 9.94. The van der Waals surface area contributed by atoms with E-state index in [1.54, 1.807) is 0 Å². The number of nitrogens with one attached hydrogen (secondary N) is 1. The number of rotatable bonds is 3. The number of hydrogen-bond acceptors (Lipinski definition) is 2. The molecule has 1 atom stereocenters. The van der Waals surface area contributed by atoms with Gasteiger partial charge in [-0.05, 0) is 31.5 Å². The highest BCUT2D eigenvalue weighted by Crippen LogP contribution is 2.17. The monoisotopic (exact) mass is 245 g/mol. The van der Waals surface area contributed by atoms with Crippen molar-refractivity contribution >= 4 is 17.2 Å². The molecule has 1 aromatic carbocycles. The van der Waals surface area contributed by atoms with Gasteiger partial charge in [0.1, 0.15) is 0 Å². The Kier molecular flexibility index (Phi) is 3.59. The molecule has 1 unspecified atom stereocenters. The molecule has 3 heteroatoms. The van der Waals surface area contributed by atoms with Gasteiger partial charge in [-0.25, -0.2) is 0 Å². The van der Waals surface area contributed by atoms with Gasteiger partial charge in [0.2, 0.25) is 0 Å². The molecule has 17 heavy (non-hydrogen) atoms. The van der Waals surface area contributed by atoms with E-state index >= 15 is 0 Å². The average molecular weight is 245 g/mol. The van der Waals surface area contributed by atoms with E-state index in [0.29, 0.717) is 0 Å². The van der Waals surface area contributed by atoms with Crippen LogP contribution >= 0.6 is 11.3 Å². The molecule has 1 amide bonds. The first kappa shape index (κ1) is 11.9. The lowest BCUT2D eigenvalue weighted by molar-refractivity contribution is 0.0944. The molecule has 0 bridgehead atoms. The highest BCUT2D eigenvalue weighted by atomic mass is 32.1. The predicted molar refractivity (Wildman–Crippen MR) is 71.4 cm³/mol. The minimum absolute atomic E-state index is 0.000506. The smallest absolute Gasteiger partial charge is 0.261 e. The Labute approximate surface area is 105 Å². The van der Waals surface area contributed by atoms with Gasteiger partial charge in [0.15, 0.2) is 0 Å². The van der Waals surface area contributed by atoms with Gasteiger partial charge in [0.25, 0.3) is 5.91 Å². The molecule has 0 saturated heterocycles. The van der Waals surface area contributed by atoms with Crippen LogP contribution in [0.25, 0.3) is 0 Å². The maximum Gasteiger partial charge on any atom is 0.261 e. The molecule has 1 aromatic heterocycles. The number of thiophene rings is 1. The second kappa shape index (κ2) is 5.15. The van der Waals surface area contributed by atoms with Crippen molar-refractivity contribution in [3.63, 3.8) is 0 Å². The van der Waals surface area contributed by atoms with Gasteiger partial charge < -0.3 is 5.32 Å². The highest BCUT2D eigenvalue weighted by Gasteiger charge is 2.12. The Morgan fingerprint density at radius 2 is 1.88 bits per heavy atom. The molecule has 88 valence electrons. The number of hydrogen-bond donors (Lipinski definition) is 1. The zero-order valence-corrected chi connectivity index (χ0v) is 10.8. The summed E-state index contributed by atoms with van der Waals surface area (Å²) in [5.41, 5.74) is 1.12. The number of benzene rings is 1. The fraction of sp³-hybridized carbons (Fsp3) is 0.214. The normalized spacial score (nSPS) is 12.1. The summed E-state index contributed by atoms with van der Waals surface area (Å²) in [6.07, 6.45) is 0. The van der Waals surface area contributed by atoms with Crippen LogP contribution in [0, 0.1) is 6.92 Å². The molecule has 1 N–H and O–H groups in total. The minimum atomic E-state index is -0.000506. The third-order valence-electron chi connectivity index (χ3n) is 2.61. The SMILES string of the molecule is Cc1ccc(C(=O)NC(C)c2ccccc2)s1. The van der Waals surface area contributed by atoms with E-state index in [9.17, 15) is 4.79 Å². The molecule has 2 nitrogen and oxygen atoms in total. The topological polar surface area (TPSA) is 29.1 Å². The first-order chi connectivity index (χ1) is 8.16. The molecule has 0 aliphatic rings. The summed E-state index contributed by atoms with van der Waals surface area (Å²) in [6, 6.07) is 13.8. The summed E-state index contributed by atoms with van der Waals surface area (Å²) >= 11 is 1.52. The Bertz CT molecular complexity index is 504. The molecule has 2 rings (SSSR count). The summed E-state index contributed by atoms with van der Waals surface area (Å²) in [5, 5.41) is 3.00. The molecule has 0 radical (unpaired) electrons. The van der Waals surface area contributed by atoms with E-state index in [-0.39, 0.29) is 11.9 Å². The first-order valence-electron chi connectivity index (χ1n) is 5.59. The lowest BCUT2D eigenvalue weighted by atomic mass is 10.1. The van der Waals surface area contributed by atoms with Crippen molar-refractivity contribution < 1.29 is 4.79 Å². The van der Waals surface area contributed by atoms with Crippen molar-refractivity contribution in [3.8, 4) is 0 Å². The number of carbonyl (C=O) groups is 1.